The number of rotatable bonds is 18. The number of para-hydroxylation sites is 4. The van der Waals surface area contributed by atoms with Gasteiger partial charge >= 0.3 is 26.2 Å². The van der Waals surface area contributed by atoms with Crippen LogP contribution in [0.5, 0.6) is 0 Å². The van der Waals surface area contributed by atoms with Crippen molar-refractivity contribution in [3.63, 3.8) is 0 Å². The first-order valence-electron chi connectivity index (χ1n) is 46.2. The van der Waals surface area contributed by atoms with E-state index in [0.717, 1.165) is 45.3 Å². The van der Waals surface area contributed by atoms with Gasteiger partial charge < -0.3 is 9.80 Å². The summed E-state index contributed by atoms with van der Waals surface area (Å²) in [6.45, 7) is 28.0. The number of nitrogens with zero attached hydrogens (tertiary/aromatic N) is 2. The summed E-state index contributed by atoms with van der Waals surface area (Å²) in [5, 5.41) is 11.2. The SMILES string of the molecule is C(=C(c1ccccc1)c1ccccc1)c1ccc(-c2ccc(C=C(c3ccccc3)c3ccccc3)cc2)cc1.C(=C\c1ccc(N(c2ccccc2)c2ccccc2)cc1)/c1ccc(-c2ccc(/C=C/c3ccc(N(c4ccccc4)c4ccccc4)cc3)cc2)cc1.CC(C)(C)c1cc2cc(C(C)(C)C)cc3c4cc(C(C)(C)C)cc5cc(C(C)(C)C)cc(c(c1)c23)c54.[2H]P.[BiH2].[V]. The Morgan fingerprint density at radius 1 is 0.218 bits per heavy atom. The Kier molecular flexibility index (Phi) is 30.3. The van der Waals surface area contributed by atoms with Gasteiger partial charge in [0.15, 0.2) is 0 Å². The molecule has 0 amide bonds. The van der Waals surface area contributed by atoms with Crippen molar-refractivity contribution in [1.82, 2.24) is 0 Å². The van der Waals surface area contributed by atoms with Gasteiger partial charge in [-0.25, -0.2) is 0 Å². The zero-order valence-electron chi connectivity index (χ0n) is 79.5. The van der Waals surface area contributed by atoms with Crippen LogP contribution in [0.3, 0.4) is 0 Å². The van der Waals surface area contributed by atoms with Crippen LogP contribution in [0.4, 0.5) is 34.1 Å². The van der Waals surface area contributed by atoms with Crippen molar-refractivity contribution in [2.45, 2.75) is 105 Å². The van der Waals surface area contributed by atoms with Crippen LogP contribution in [0.25, 0.3) is 113 Å². The van der Waals surface area contributed by atoms with Crippen LogP contribution in [0.1, 0.15) is 161 Å². The van der Waals surface area contributed by atoms with Crippen molar-refractivity contribution in [3.05, 3.63) is 515 Å². The third-order valence-corrected chi connectivity index (χ3v) is 24.7. The minimum atomic E-state index is 0. The summed E-state index contributed by atoms with van der Waals surface area (Å²) in [5.74, 6) is 0. The molecule has 0 N–H and O–H groups in total. The predicted octanol–water partition coefficient (Wildman–Crippen LogP) is 35.2. The van der Waals surface area contributed by atoms with E-state index in [0.29, 0.717) is 0 Å². The van der Waals surface area contributed by atoms with Crippen LogP contribution in [0.15, 0.2) is 437 Å². The monoisotopic (exact) mass is 1980 g/mol. The summed E-state index contributed by atoms with van der Waals surface area (Å²) in [6.07, 6.45) is 13.2. The van der Waals surface area contributed by atoms with Crippen molar-refractivity contribution in [2.24, 2.45) is 0 Å². The van der Waals surface area contributed by atoms with E-state index in [-0.39, 0.29) is 66.4 Å². The van der Waals surface area contributed by atoms with Crippen molar-refractivity contribution in [3.8, 4) is 22.3 Å². The summed E-state index contributed by atoms with van der Waals surface area (Å²) in [4.78, 5) is 4.56. The Labute approximate surface area is 825 Å². The van der Waals surface area contributed by atoms with E-state index in [2.05, 4.69) is 566 Å². The summed E-state index contributed by atoms with van der Waals surface area (Å²) < 4.78 is 5.67. The smallest absolute Gasteiger partial charge is 0 e. The van der Waals surface area contributed by atoms with Crippen LogP contribution in [-0.2, 0) is 40.2 Å². The van der Waals surface area contributed by atoms with Crippen LogP contribution in [0, 0.1) is 0 Å². The number of fused-ring (bicyclic) bond motifs is 2. The molecule has 133 heavy (non-hydrogen) atoms. The second kappa shape index (κ2) is 42.7. The van der Waals surface area contributed by atoms with Crippen molar-refractivity contribution < 1.29 is 18.6 Å². The van der Waals surface area contributed by atoms with Crippen molar-refractivity contribution >= 4 is 161 Å². The molecule has 0 spiro atoms. The zero-order chi connectivity index (χ0) is 91.9. The molecule has 2 nitrogen and oxygen atoms in total. The number of hydrogen-bond acceptors (Lipinski definition) is 2. The van der Waals surface area contributed by atoms with Gasteiger partial charge in [-0.15, -0.1) is 0 Å². The van der Waals surface area contributed by atoms with E-state index < -0.39 is 0 Å². The molecule has 0 saturated heterocycles. The molecule has 2 radical (unpaired) electrons. The first-order valence-corrected chi connectivity index (χ1v) is 45.7. The first kappa shape index (κ1) is 94.6. The molecule has 0 aliphatic rings. The van der Waals surface area contributed by atoms with E-state index in [4.69, 9.17) is 1.28 Å². The molecule has 0 fully saturated rings. The van der Waals surface area contributed by atoms with Crippen LogP contribution in [0.2, 0.25) is 0 Å². The van der Waals surface area contributed by atoms with Gasteiger partial charge in [-0.2, -0.15) is 9.84 Å². The molecule has 0 saturated carbocycles. The fraction of sp³-hybridized carbons (Fsp3) is 0.125. The molecule has 19 aromatic rings. The van der Waals surface area contributed by atoms with Gasteiger partial charge in [0.05, 0.1) is 1.28 Å². The Morgan fingerprint density at radius 2 is 0.391 bits per heavy atom. The van der Waals surface area contributed by atoms with Crippen molar-refractivity contribution in [1.29, 1.82) is 1.28 Å². The molecular weight excluding hydrogens is 1860 g/mol. The van der Waals surface area contributed by atoms with Crippen LogP contribution >= 0.6 is 9.84 Å². The van der Waals surface area contributed by atoms with Gasteiger partial charge in [0.2, 0.25) is 0 Å². The molecular formula is C128H119BiN2PV. The third kappa shape index (κ3) is 23.2. The largest absolute Gasteiger partial charge is 0 e. The molecule has 0 aliphatic heterocycles. The number of benzene rings is 19. The quantitative estimate of drug-likeness (QED) is 0.0278. The molecule has 656 valence electrons. The molecule has 19 aromatic carbocycles. The fourth-order valence-electron chi connectivity index (χ4n) is 17.3. The number of anilines is 6. The Hall–Kier alpha value is -13.1. The first-order chi connectivity index (χ1) is 63.9. The molecule has 0 bridgehead atoms. The van der Waals surface area contributed by atoms with Gasteiger partial charge in [-0.3, -0.25) is 0 Å². The van der Waals surface area contributed by atoms with E-state index in [1.54, 1.807) is 9.84 Å². The summed E-state index contributed by atoms with van der Waals surface area (Å²) in [6, 6.07) is 157. The number of hydrogen-bond donors (Lipinski definition) is 0. The topological polar surface area (TPSA) is 6.48 Å². The zero-order valence-corrected chi connectivity index (χ0v) is 85.6. The molecule has 0 aromatic heterocycles. The molecule has 19 rings (SSSR count). The standard InChI is InChI=1S/C52H40N2.C40H30.C36H44.Bi.H3P.V.2H/c1-5-13-47(14-6-1)53(48-15-7-2-8-16-48)51-37-29-43(30-38-51)23-21-41-25-33-45(34-26-41)46-35-27-42(28-36-46)22-24-44-31-39-52(40-32-44)54(49-17-9-3-10-18-49)50-19-11-4-12-20-50;1-5-13-35(14-6-1)39(36-15-7-2-8-16-36)29-31-21-25-33(26-22-31)34-27-23-32(24-28-34)30-40(37-17-9-3-10-18-37)38-19-11-4-12-20-38;1-33(2,3)23-13-21-14-24(34(4,5)6)19-29-30-20-26(36(10,11)12)16-22-15-25(35(7,8)9)18-28(32(22)30)27(17-23)31(21)29;;;;;/h1-40H;1-30H;13-20H,1-12H3;;1H3;;;/b23-21+,24-22+;;;;;;;/i;;;;1D;;;. The molecule has 1 atom stereocenters. The van der Waals surface area contributed by atoms with Gasteiger partial charge in [-0.1, -0.05) is 447 Å². The summed E-state index contributed by atoms with van der Waals surface area (Å²) in [7, 11) is 1.67. The third-order valence-electron chi connectivity index (χ3n) is 24.7. The molecule has 1 unspecified atom stereocenters. The fourth-order valence-corrected chi connectivity index (χ4v) is 17.3. The van der Waals surface area contributed by atoms with E-state index in [1.807, 2.05) is 0 Å². The maximum atomic E-state index is 5.67. The van der Waals surface area contributed by atoms with Crippen LogP contribution < -0.4 is 9.80 Å². The Morgan fingerprint density at radius 3 is 0.586 bits per heavy atom. The van der Waals surface area contributed by atoms with Gasteiger partial charge in [0.1, 0.15) is 0 Å². The van der Waals surface area contributed by atoms with Gasteiger partial charge in [0.25, 0.3) is 0 Å². The second-order valence-electron chi connectivity index (χ2n) is 38.2. The maximum absolute atomic E-state index is 5.67. The minimum absolute atomic E-state index is 0. The Balaban J connectivity index is 0.000000162. The van der Waals surface area contributed by atoms with Crippen molar-refractivity contribution in [2.75, 3.05) is 9.80 Å². The molecule has 5 heteroatoms. The average molecular weight is 1980 g/mol. The van der Waals surface area contributed by atoms with E-state index in [9.17, 15) is 0 Å². The minimum Gasteiger partial charge on any atom is 0 e. The normalized spacial score (nSPS) is 11.6. The van der Waals surface area contributed by atoms with Gasteiger partial charge in [0, 0.05) is 52.7 Å². The Bertz CT molecular complexity index is 6450. The van der Waals surface area contributed by atoms with E-state index >= 15 is 0 Å². The summed E-state index contributed by atoms with van der Waals surface area (Å²) in [5.41, 5.74) is 31.9. The van der Waals surface area contributed by atoms with E-state index in [1.165, 1.54) is 143 Å². The maximum Gasteiger partial charge on any atom is 0 e. The summed E-state index contributed by atoms with van der Waals surface area (Å²) >= 11 is 0. The van der Waals surface area contributed by atoms with Crippen LogP contribution in [-0.4, -0.2) is 27.5 Å². The van der Waals surface area contributed by atoms with Gasteiger partial charge in [-0.05, 0) is 285 Å². The predicted molar refractivity (Wildman–Crippen MR) is 586 cm³/mol. The molecule has 0 heterocycles. The second-order valence-corrected chi connectivity index (χ2v) is 38.2. The molecule has 0 aliphatic carbocycles. The average Bonchev–Trinajstić information content (AvgIpc) is 0.701.